The Kier molecular flexibility index (Phi) is 3.82. The normalized spacial score (nSPS) is 34.9. The molecule has 0 heterocycles. The van der Waals surface area contributed by atoms with Crippen molar-refractivity contribution in [3.63, 3.8) is 0 Å². The van der Waals surface area contributed by atoms with E-state index < -0.39 is 0 Å². The highest BCUT2D eigenvalue weighted by atomic mass is 16.3. The van der Waals surface area contributed by atoms with E-state index in [2.05, 4.69) is 5.32 Å². The largest absolute Gasteiger partial charge is 0.396 e. The number of aliphatic hydroxyl groups excluding tert-OH is 1. The van der Waals surface area contributed by atoms with E-state index in [0.29, 0.717) is 18.6 Å². The van der Waals surface area contributed by atoms with Crippen LogP contribution in [0.3, 0.4) is 0 Å². The molecule has 2 saturated carbocycles. The first-order valence-electron chi connectivity index (χ1n) is 6.27. The van der Waals surface area contributed by atoms with Crippen molar-refractivity contribution in [1.82, 2.24) is 5.32 Å². The Hall–Kier alpha value is -0.0800. The number of nitrogens with one attached hydrogen (secondary N) is 1. The first-order valence-corrected chi connectivity index (χ1v) is 6.27. The second-order valence-electron chi connectivity index (χ2n) is 4.98. The summed E-state index contributed by atoms with van der Waals surface area (Å²) in [4.78, 5) is 0. The third-order valence-electron chi connectivity index (χ3n) is 3.95. The molecule has 0 aromatic carbocycles. The molecule has 2 fully saturated rings. The van der Waals surface area contributed by atoms with E-state index in [4.69, 9.17) is 0 Å². The van der Waals surface area contributed by atoms with Gasteiger partial charge in [0.15, 0.2) is 0 Å². The minimum Gasteiger partial charge on any atom is -0.396 e. The second kappa shape index (κ2) is 5.13. The first-order chi connectivity index (χ1) is 6.90. The Balaban J connectivity index is 1.77. The summed E-state index contributed by atoms with van der Waals surface area (Å²) >= 11 is 0. The van der Waals surface area contributed by atoms with Crippen LogP contribution in [0.2, 0.25) is 0 Å². The van der Waals surface area contributed by atoms with Gasteiger partial charge in [0.05, 0.1) is 0 Å². The van der Waals surface area contributed by atoms with Crippen LogP contribution in [0.1, 0.15) is 51.4 Å². The average molecular weight is 197 g/mol. The minimum absolute atomic E-state index is 0.379. The van der Waals surface area contributed by atoms with Crippen LogP contribution in [0.25, 0.3) is 0 Å². The fourth-order valence-electron chi connectivity index (χ4n) is 3.05. The maximum Gasteiger partial charge on any atom is 0.0474 e. The number of rotatable bonds is 3. The molecule has 0 amide bonds. The summed E-state index contributed by atoms with van der Waals surface area (Å²) in [6.45, 7) is 0.379. The van der Waals surface area contributed by atoms with Crippen molar-refractivity contribution in [2.45, 2.75) is 63.5 Å². The molecular weight excluding hydrogens is 174 g/mol. The van der Waals surface area contributed by atoms with Gasteiger partial charge in [-0.3, -0.25) is 0 Å². The summed E-state index contributed by atoms with van der Waals surface area (Å²) in [5, 5.41) is 13.0. The van der Waals surface area contributed by atoms with E-state index in [-0.39, 0.29) is 0 Å². The van der Waals surface area contributed by atoms with Crippen LogP contribution in [-0.4, -0.2) is 23.8 Å². The molecular formula is C12H23NO. The van der Waals surface area contributed by atoms with E-state index in [1.165, 1.54) is 51.4 Å². The van der Waals surface area contributed by atoms with Crippen LogP contribution in [-0.2, 0) is 0 Å². The molecule has 0 unspecified atom stereocenters. The molecule has 14 heavy (non-hydrogen) atoms. The van der Waals surface area contributed by atoms with Gasteiger partial charge in [-0.15, -0.1) is 0 Å². The van der Waals surface area contributed by atoms with Crippen molar-refractivity contribution in [3.8, 4) is 0 Å². The summed E-state index contributed by atoms with van der Waals surface area (Å²) in [7, 11) is 0. The van der Waals surface area contributed by atoms with Crippen LogP contribution >= 0.6 is 0 Å². The second-order valence-corrected chi connectivity index (χ2v) is 4.98. The molecule has 2 N–H and O–H groups in total. The Labute approximate surface area is 87.1 Å². The molecule has 2 nitrogen and oxygen atoms in total. The molecule has 0 radical (unpaired) electrons. The van der Waals surface area contributed by atoms with E-state index >= 15 is 0 Å². The maximum atomic E-state index is 9.23. The maximum absolute atomic E-state index is 9.23. The molecule has 0 spiro atoms. The van der Waals surface area contributed by atoms with Gasteiger partial charge >= 0.3 is 0 Å². The smallest absolute Gasteiger partial charge is 0.0474 e. The molecule has 2 atom stereocenters. The molecule has 0 aliphatic heterocycles. The summed E-state index contributed by atoms with van der Waals surface area (Å²) in [5.41, 5.74) is 0. The molecule has 82 valence electrons. The fourth-order valence-corrected chi connectivity index (χ4v) is 3.05. The van der Waals surface area contributed by atoms with Gasteiger partial charge in [0.25, 0.3) is 0 Å². The standard InChI is InChI=1S/C12H23NO/c14-9-10-5-4-8-12(10)13-11-6-2-1-3-7-11/h10-14H,1-9H2/t10-,12-/m0/s1. The zero-order valence-electron chi connectivity index (χ0n) is 9.04. The Morgan fingerprint density at radius 1 is 0.929 bits per heavy atom. The molecule has 2 aliphatic rings. The summed E-state index contributed by atoms with van der Waals surface area (Å²) < 4.78 is 0. The van der Waals surface area contributed by atoms with Gasteiger partial charge in [-0.2, -0.15) is 0 Å². The number of hydrogen-bond acceptors (Lipinski definition) is 2. The summed E-state index contributed by atoms with van der Waals surface area (Å²) in [6, 6.07) is 1.36. The summed E-state index contributed by atoms with van der Waals surface area (Å²) in [6.07, 6.45) is 10.7. The van der Waals surface area contributed by atoms with Crippen LogP contribution in [0.5, 0.6) is 0 Å². The van der Waals surface area contributed by atoms with Gasteiger partial charge in [-0.05, 0) is 31.6 Å². The average Bonchev–Trinajstić information content (AvgIpc) is 2.67. The van der Waals surface area contributed by atoms with E-state index in [1.807, 2.05) is 0 Å². The highest BCUT2D eigenvalue weighted by Crippen LogP contribution is 2.27. The molecule has 2 rings (SSSR count). The zero-order valence-corrected chi connectivity index (χ0v) is 9.04. The van der Waals surface area contributed by atoms with Gasteiger partial charge in [0.1, 0.15) is 0 Å². The minimum atomic E-state index is 0.379. The molecule has 2 heteroatoms. The lowest BCUT2D eigenvalue weighted by molar-refractivity contribution is 0.193. The monoisotopic (exact) mass is 197 g/mol. The summed E-state index contributed by atoms with van der Waals surface area (Å²) in [5.74, 6) is 0.539. The van der Waals surface area contributed by atoms with Crippen LogP contribution in [0, 0.1) is 5.92 Å². The predicted octanol–water partition coefficient (Wildman–Crippen LogP) is 2.07. The quantitative estimate of drug-likeness (QED) is 0.726. The van der Waals surface area contributed by atoms with Gasteiger partial charge in [0.2, 0.25) is 0 Å². The third kappa shape index (κ3) is 2.48. The van der Waals surface area contributed by atoms with Gasteiger partial charge in [-0.1, -0.05) is 25.7 Å². The van der Waals surface area contributed by atoms with Crippen molar-refractivity contribution in [2.24, 2.45) is 5.92 Å². The van der Waals surface area contributed by atoms with Crippen LogP contribution in [0.15, 0.2) is 0 Å². The molecule has 0 aromatic rings. The zero-order chi connectivity index (χ0) is 9.80. The third-order valence-corrected chi connectivity index (χ3v) is 3.95. The van der Waals surface area contributed by atoms with Crippen molar-refractivity contribution < 1.29 is 5.11 Å². The topological polar surface area (TPSA) is 32.3 Å². The number of aliphatic hydroxyl groups is 1. The van der Waals surface area contributed by atoms with E-state index in [0.717, 1.165) is 6.04 Å². The van der Waals surface area contributed by atoms with Gasteiger partial charge < -0.3 is 10.4 Å². The van der Waals surface area contributed by atoms with Crippen LogP contribution in [0.4, 0.5) is 0 Å². The van der Waals surface area contributed by atoms with Gasteiger partial charge in [0, 0.05) is 18.7 Å². The lowest BCUT2D eigenvalue weighted by atomic mass is 9.93. The van der Waals surface area contributed by atoms with Crippen molar-refractivity contribution in [2.75, 3.05) is 6.61 Å². The molecule has 0 bridgehead atoms. The van der Waals surface area contributed by atoms with E-state index in [9.17, 15) is 5.11 Å². The highest BCUT2D eigenvalue weighted by molar-refractivity contribution is 4.86. The molecule has 0 aromatic heterocycles. The van der Waals surface area contributed by atoms with Crippen molar-refractivity contribution in [1.29, 1.82) is 0 Å². The SMILES string of the molecule is OC[C@@H]1CCC[C@@H]1NC1CCCCC1. The lowest BCUT2D eigenvalue weighted by Crippen LogP contribution is -2.42. The first kappa shape index (κ1) is 10.4. The van der Waals surface area contributed by atoms with Crippen molar-refractivity contribution in [3.05, 3.63) is 0 Å². The highest BCUT2D eigenvalue weighted by Gasteiger charge is 2.28. The fraction of sp³-hybridized carbons (Fsp3) is 1.00. The van der Waals surface area contributed by atoms with E-state index in [1.54, 1.807) is 0 Å². The van der Waals surface area contributed by atoms with Crippen molar-refractivity contribution >= 4 is 0 Å². The Morgan fingerprint density at radius 3 is 2.43 bits per heavy atom. The molecule has 0 saturated heterocycles. The van der Waals surface area contributed by atoms with Gasteiger partial charge in [-0.25, -0.2) is 0 Å². The van der Waals surface area contributed by atoms with Crippen LogP contribution < -0.4 is 5.32 Å². The predicted molar refractivity (Wildman–Crippen MR) is 58.2 cm³/mol. The molecule has 2 aliphatic carbocycles. The Bertz CT molecular complexity index is 166. The number of hydrogen-bond donors (Lipinski definition) is 2. The lowest BCUT2D eigenvalue weighted by Gasteiger charge is -2.29. The Morgan fingerprint density at radius 2 is 1.71 bits per heavy atom.